The van der Waals surface area contributed by atoms with E-state index in [1.807, 2.05) is 0 Å². The van der Waals surface area contributed by atoms with Crippen molar-refractivity contribution < 1.29 is 23.8 Å². The highest BCUT2D eigenvalue weighted by Gasteiger charge is 2.25. The molecule has 1 N–H and O–H groups in total. The normalized spacial score (nSPS) is 13.3. The maximum atomic E-state index is 12.8. The van der Waals surface area contributed by atoms with E-state index in [0.717, 1.165) is 5.75 Å². The van der Waals surface area contributed by atoms with E-state index in [2.05, 4.69) is 10.3 Å². The Morgan fingerprint density at radius 1 is 1.24 bits per heavy atom. The fourth-order valence-corrected chi connectivity index (χ4v) is 3.89. The average molecular weight is 419 g/mol. The molecule has 0 radical (unpaired) electrons. The van der Waals surface area contributed by atoms with Crippen molar-refractivity contribution in [1.29, 1.82) is 0 Å². The molecule has 1 aliphatic rings. The van der Waals surface area contributed by atoms with Gasteiger partial charge >= 0.3 is 5.97 Å². The lowest BCUT2D eigenvalue weighted by Gasteiger charge is -2.19. The number of carbonyl (C=O) groups excluding carboxylic acids is 2. The zero-order valence-corrected chi connectivity index (χ0v) is 17.1. The van der Waals surface area contributed by atoms with E-state index >= 15 is 0 Å². The number of fused-ring (bicyclic) bond motifs is 1. The van der Waals surface area contributed by atoms with Crippen molar-refractivity contribution in [2.45, 2.75) is 24.2 Å². The van der Waals surface area contributed by atoms with Crippen molar-refractivity contribution in [3.8, 4) is 11.5 Å². The minimum Gasteiger partial charge on any atom is -0.493 e. The first kappa shape index (κ1) is 20.7. The van der Waals surface area contributed by atoms with E-state index in [9.17, 15) is 14.4 Å². The molecule has 1 aliphatic heterocycles. The summed E-state index contributed by atoms with van der Waals surface area (Å²) in [4.78, 5) is 41.5. The summed E-state index contributed by atoms with van der Waals surface area (Å²) in [6.07, 6.45) is 1.15. The highest BCUT2D eigenvalue weighted by Crippen LogP contribution is 2.31. The summed E-state index contributed by atoms with van der Waals surface area (Å²) in [5.74, 6) is 0.580. The quantitative estimate of drug-likeness (QED) is 0.530. The summed E-state index contributed by atoms with van der Waals surface area (Å²) in [5, 5.41) is 3.33. The molecule has 2 heterocycles. The minimum atomic E-state index is -0.734. The van der Waals surface area contributed by atoms with Crippen molar-refractivity contribution in [3.05, 3.63) is 45.9 Å². The minimum absolute atomic E-state index is 0.0772. The van der Waals surface area contributed by atoms with Crippen LogP contribution in [0.4, 0.5) is 0 Å². The van der Waals surface area contributed by atoms with Crippen LogP contribution in [0.3, 0.4) is 0 Å². The lowest BCUT2D eigenvalue weighted by atomic mass is 10.0. The zero-order valence-electron chi connectivity index (χ0n) is 16.3. The molecule has 1 aromatic carbocycles. The molecule has 0 saturated carbocycles. The SMILES string of the molecule is COC(=O)C[C@H](NC(=O)c1cnc2n(c1=O)CCS2)c1ccc(OC)c(OC)c1. The summed E-state index contributed by atoms with van der Waals surface area (Å²) < 4.78 is 16.7. The van der Waals surface area contributed by atoms with E-state index in [-0.39, 0.29) is 12.0 Å². The van der Waals surface area contributed by atoms with Crippen LogP contribution in [-0.2, 0) is 16.1 Å². The van der Waals surface area contributed by atoms with Crippen LogP contribution < -0.4 is 20.3 Å². The molecule has 29 heavy (non-hydrogen) atoms. The fraction of sp³-hybridized carbons (Fsp3) is 0.368. The highest BCUT2D eigenvalue weighted by molar-refractivity contribution is 7.99. The smallest absolute Gasteiger partial charge is 0.307 e. The Balaban J connectivity index is 1.91. The van der Waals surface area contributed by atoms with Crippen molar-refractivity contribution >= 4 is 23.6 Å². The summed E-state index contributed by atoms with van der Waals surface area (Å²) >= 11 is 1.47. The summed E-state index contributed by atoms with van der Waals surface area (Å²) in [5.41, 5.74) is 0.124. The van der Waals surface area contributed by atoms with Gasteiger partial charge in [0.05, 0.1) is 33.8 Å². The maximum absolute atomic E-state index is 12.8. The number of nitrogens with zero attached hydrogens (tertiary/aromatic N) is 2. The van der Waals surface area contributed by atoms with Gasteiger partial charge in [-0.2, -0.15) is 0 Å². The molecule has 0 aliphatic carbocycles. The van der Waals surface area contributed by atoms with Gasteiger partial charge in [-0.05, 0) is 17.7 Å². The number of thioether (sulfide) groups is 1. The molecule has 3 rings (SSSR count). The second kappa shape index (κ2) is 8.99. The van der Waals surface area contributed by atoms with Gasteiger partial charge in [-0.15, -0.1) is 0 Å². The van der Waals surface area contributed by atoms with Gasteiger partial charge in [-0.3, -0.25) is 19.0 Å². The Bertz CT molecular complexity index is 990. The number of hydrogen-bond donors (Lipinski definition) is 1. The van der Waals surface area contributed by atoms with E-state index in [4.69, 9.17) is 14.2 Å². The zero-order chi connectivity index (χ0) is 21.0. The highest BCUT2D eigenvalue weighted by atomic mass is 32.2. The molecule has 1 amide bonds. The second-order valence-electron chi connectivity index (χ2n) is 6.18. The number of aromatic nitrogens is 2. The Morgan fingerprint density at radius 3 is 2.69 bits per heavy atom. The third-order valence-corrected chi connectivity index (χ3v) is 5.49. The largest absolute Gasteiger partial charge is 0.493 e. The van der Waals surface area contributed by atoms with Crippen molar-refractivity contribution in [3.63, 3.8) is 0 Å². The van der Waals surface area contributed by atoms with E-state index in [1.165, 1.54) is 43.9 Å². The number of benzene rings is 1. The Morgan fingerprint density at radius 2 is 2.00 bits per heavy atom. The van der Waals surface area contributed by atoms with Crippen molar-refractivity contribution in [2.24, 2.45) is 0 Å². The van der Waals surface area contributed by atoms with Gasteiger partial charge in [-0.1, -0.05) is 17.8 Å². The van der Waals surface area contributed by atoms with Crippen LogP contribution in [0.1, 0.15) is 28.4 Å². The summed E-state index contributed by atoms with van der Waals surface area (Å²) in [6.45, 7) is 0.508. The van der Waals surface area contributed by atoms with Crippen molar-refractivity contribution in [1.82, 2.24) is 14.9 Å². The van der Waals surface area contributed by atoms with Gasteiger partial charge < -0.3 is 19.5 Å². The summed E-state index contributed by atoms with van der Waals surface area (Å²) in [7, 11) is 4.27. The topological polar surface area (TPSA) is 109 Å². The van der Waals surface area contributed by atoms with Crippen LogP contribution in [-0.4, -0.2) is 48.5 Å². The van der Waals surface area contributed by atoms with Gasteiger partial charge in [0, 0.05) is 18.5 Å². The van der Waals surface area contributed by atoms with Crippen LogP contribution in [0.2, 0.25) is 0 Å². The molecular weight excluding hydrogens is 398 g/mol. The lowest BCUT2D eigenvalue weighted by Crippen LogP contribution is -2.36. The number of ether oxygens (including phenoxy) is 3. The number of hydrogen-bond acceptors (Lipinski definition) is 8. The predicted octanol–water partition coefficient (Wildman–Crippen LogP) is 1.40. The van der Waals surface area contributed by atoms with Gasteiger partial charge in [0.2, 0.25) is 0 Å². The van der Waals surface area contributed by atoms with E-state index in [0.29, 0.717) is 28.8 Å². The fourth-order valence-electron chi connectivity index (χ4n) is 2.98. The first-order valence-electron chi connectivity index (χ1n) is 8.80. The molecule has 0 unspecified atom stereocenters. The standard InChI is InChI=1S/C19H21N3O6S/c1-26-14-5-4-11(8-15(14)27-2)13(9-16(23)28-3)21-17(24)12-10-20-19-22(18(12)25)6-7-29-19/h4-5,8,10,13H,6-7,9H2,1-3H3,(H,21,24)/t13-/m0/s1. The molecule has 0 fully saturated rings. The van der Waals surface area contributed by atoms with Crippen LogP contribution in [0.25, 0.3) is 0 Å². The van der Waals surface area contributed by atoms with Gasteiger partial charge in [0.15, 0.2) is 16.7 Å². The third kappa shape index (κ3) is 4.37. The molecule has 0 spiro atoms. The molecule has 10 heteroatoms. The Kier molecular flexibility index (Phi) is 6.42. The van der Waals surface area contributed by atoms with Gasteiger partial charge in [0.1, 0.15) is 5.56 Å². The molecule has 1 atom stereocenters. The van der Waals surface area contributed by atoms with Crippen LogP contribution in [0.15, 0.2) is 34.3 Å². The molecule has 1 aromatic heterocycles. The third-order valence-electron chi connectivity index (χ3n) is 4.51. The Labute approximate surface area is 171 Å². The second-order valence-corrected chi connectivity index (χ2v) is 7.24. The number of rotatable bonds is 7. The first-order chi connectivity index (χ1) is 14.0. The summed E-state index contributed by atoms with van der Waals surface area (Å²) in [6, 6.07) is 4.31. The molecule has 0 saturated heterocycles. The maximum Gasteiger partial charge on any atom is 0.307 e. The van der Waals surface area contributed by atoms with Crippen molar-refractivity contribution in [2.75, 3.05) is 27.1 Å². The van der Waals surface area contributed by atoms with Gasteiger partial charge in [0.25, 0.3) is 11.5 Å². The molecule has 0 bridgehead atoms. The Hall–Kier alpha value is -3.01. The molecule has 2 aromatic rings. The van der Waals surface area contributed by atoms with Crippen LogP contribution in [0, 0.1) is 0 Å². The number of esters is 1. The van der Waals surface area contributed by atoms with Crippen LogP contribution in [0.5, 0.6) is 11.5 Å². The molecule has 9 nitrogen and oxygen atoms in total. The molecule has 154 valence electrons. The number of methoxy groups -OCH3 is 3. The monoisotopic (exact) mass is 419 g/mol. The lowest BCUT2D eigenvalue weighted by molar-refractivity contribution is -0.141. The predicted molar refractivity (Wildman–Crippen MR) is 106 cm³/mol. The van der Waals surface area contributed by atoms with E-state index < -0.39 is 23.5 Å². The first-order valence-corrected chi connectivity index (χ1v) is 9.79. The van der Waals surface area contributed by atoms with Gasteiger partial charge in [-0.25, -0.2) is 4.98 Å². The number of nitrogens with one attached hydrogen (secondary N) is 1. The molecular formula is C19H21N3O6S. The average Bonchev–Trinajstić information content (AvgIpc) is 3.22. The number of carbonyl (C=O) groups is 2. The van der Waals surface area contributed by atoms with E-state index in [1.54, 1.807) is 18.2 Å². The van der Waals surface area contributed by atoms with Crippen LogP contribution >= 0.6 is 11.8 Å². The number of amides is 1.